The topological polar surface area (TPSA) is 91.4 Å². The summed E-state index contributed by atoms with van der Waals surface area (Å²) in [5.41, 5.74) is 1.56. The number of rotatable bonds is 5. The lowest BCUT2D eigenvalue weighted by Gasteiger charge is -2.32. The van der Waals surface area contributed by atoms with E-state index in [0.717, 1.165) is 37.5 Å². The van der Waals surface area contributed by atoms with Gasteiger partial charge in [0, 0.05) is 11.6 Å². The van der Waals surface area contributed by atoms with E-state index in [9.17, 15) is 14.9 Å². The van der Waals surface area contributed by atoms with E-state index in [-0.39, 0.29) is 11.7 Å². The number of carbonyl (C=O) groups excluding carboxylic acids is 1. The first kappa shape index (κ1) is 16.4. The van der Waals surface area contributed by atoms with Crippen molar-refractivity contribution in [3.05, 3.63) is 39.4 Å². The number of carbonyl (C=O) groups is 1. The Bertz CT molecular complexity index is 657. The highest BCUT2D eigenvalue weighted by Gasteiger charge is 2.35. The van der Waals surface area contributed by atoms with E-state index in [1.54, 1.807) is 24.1 Å². The summed E-state index contributed by atoms with van der Waals surface area (Å²) in [4.78, 5) is 22.1. The molecule has 1 unspecified atom stereocenters. The molecule has 1 atom stereocenters. The third-order valence-electron chi connectivity index (χ3n) is 4.71. The summed E-state index contributed by atoms with van der Waals surface area (Å²) in [6.07, 6.45) is 5.99. The highest BCUT2D eigenvalue weighted by molar-refractivity contribution is 5.57. The summed E-state index contributed by atoms with van der Waals surface area (Å²) in [5, 5.41) is 22.7. The number of benzene rings is 1. The Balaban J connectivity index is 1.71. The molecule has 2 aliphatic rings. The van der Waals surface area contributed by atoms with Crippen molar-refractivity contribution in [1.29, 1.82) is 0 Å². The summed E-state index contributed by atoms with van der Waals surface area (Å²) in [6, 6.07) is 5.22. The first-order valence-electron chi connectivity index (χ1n) is 8.26. The van der Waals surface area contributed by atoms with Gasteiger partial charge in [0.15, 0.2) is 12.5 Å². The van der Waals surface area contributed by atoms with E-state index >= 15 is 0 Å². The van der Waals surface area contributed by atoms with Crippen molar-refractivity contribution in [3.8, 4) is 0 Å². The zero-order chi connectivity index (χ0) is 17.1. The number of aldehydes is 1. The molecule has 0 aromatic heterocycles. The zero-order valence-electron chi connectivity index (χ0n) is 13.7. The Morgan fingerprint density at radius 2 is 2.04 bits per heavy atom. The van der Waals surface area contributed by atoms with Crippen LogP contribution in [-0.2, 0) is 11.3 Å². The molecule has 1 fully saturated rings. The van der Waals surface area contributed by atoms with Crippen LogP contribution >= 0.6 is 0 Å². The van der Waals surface area contributed by atoms with Gasteiger partial charge in [-0.25, -0.2) is 10.0 Å². The lowest BCUT2D eigenvalue weighted by Crippen LogP contribution is -2.45. The van der Waals surface area contributed by atoms with Gasteiger partial charge in [0.1, 0.15) is 0 Å². The van der Waals surface area contributed by atoms with E-state index in [1.807, 2.05) is 5.01 Å². The Labute approximate surface area is 140 Å². The zero-order valence-corrected chi connectivity index (χ0v) is 13.7. The Morgan fingerprint density at radius 1 is 1.29 bits per heavy atom. The predicted octanol–water partition coefficient (Wildman–Crippen LogP) is 3.16. The number of aryl methyl sites for hydroxylation is 1. The lowest BCUT2D eigenvalue weighted by molar-refractivity contribution is -0.385. The monoisotopic (exact) mass is 331 g/mol. The number of hydrogen-bond acceptors (Lipinski definition) is 7. The molecule has 0 bridgehead atoms. The van der Waals surface area contributed by atoms with Gasteiger partial charge in [-0.2, -0.15) is 0 Å². The van der Waals surface area contributed by atoms with E-state index in [4.69, 9.17) is 0 Å². The van der Waals surface area contributed by atoms with Crippen LogP contribution in [0.15, 0.2) is 28.6 Å². The molecule has 0 radical (unpaired) electrons. The van der Waals surface area contributed by atoms with Crippen LogP contribution in [0.1, 0.15) is 43.2 Å². The fourth-order valence-electron chi connectivity index (χ4n) is 3.44. The van der Waals surface area contributed by atoms with Crippen molar-refractivity contribution in [1.82, 2.24) is 10.0 Å². The van der Waals surface area contributed by atoms with Crippen molar-refractivity contribution in [3.63, 3.8) is 0 Å². The largest absolute Gasteiger partial charge is 0.299 e. The van der Waals surface area contributed by atoms with Crippen molar-refractivity contribution in [2.24, 2.45) is 10.4 Å². The first-order valence-corrected chi connectivity index (χ1v) is 8.26. The second-order valence-corrected chi connectivity index (χ2v) is 6.38. The molecule has 1 aliphatic carbocycles. The van der Waals surface area contributed by atoms with Crippen molar-refractivity contribution in [2.45, 2.75) is 57.8 Å². The molecule has 8 nitrogen and oxygen atoms in total. The maximum atomic E-state index is 11.6. The van der Waals surface area contributed by atoms with Gasteiger partial charge >= 0.3 is 0 Å². The third-order valence-corrected chi connectivity index (χ3v) is 4.71. The summed E-state index contributed by atoms with van der Waals surface area (Å²) in [5.74, 6) is 0. The molecule has 8 heteroatoms. The highest BCUT2D eigenvalue weighted by atomic mass is 16.6. The molecule has 0 amide bonds. The highest BCUT2D eigenvalue weighted by Crippen LogP contribution is 2.29. The Kier molecular flexibility index (Phi) is 4.73. The van der Waals surface area contributed by atoms with E-state index in [2.05, 4.69) is 10.4 Å². The normalized spacial score (nSPS) is 21.3. The average molecular weight is 331 g/mol. The molecule has 1 aliphatic heterocycles. The van der Waals surface area contributed by atoms with Gasteiger partial charge < -0.3 is 0 Å². The van der Waals surface area contributed by atoms with Crippen LogP contribution in [-0.4, -0.2) is 33.4 Å². The molecule has 1 aromatic carbocycles. The minimum absolute atomic E-state index is 0.0950. The van der Waals surface area contributed by atoms with Crippen LogP contribution in [0.3, 0.4) is 0 Å². The summed E-state index contributed by atoms with van der Waals surface area (Å²) < 4.78 is 0. The van der Waals surface area contributed by atoms with Gasteiger partial charge in [-0.3, -0.25) is 14.9 Å². The molecule has 0 saturated heterocycles. The smallest absolute Gasteiger partial charge is 0.272 e. The fraction of sp³-hybridized carbons (Fsp3) is 0.562. The van der Waals surface area contributed by atoms with Crippen LogP contribution < -0.4 is 0 Å². The molecule has 1 heterocycles. The summed E-state index contributed by atoms with van der Waals surface area (Å²) in [6.45, 7) is 2.10. The number of hydrogen-bond donors (Lipinski definition) is 0. The maximum absolute atomic E-state index is 11.6. The van der Waals surface area contributed by atoms with Crippen LogP contribution in [0.25, 0.3) is 0 Å². The van der Waals surface area contributed by atoms with Crippen LogP contribution in [0, 0.1) is 17.0 Å². The van der Waals surface area contributed by atoms with Crippen LogP contribution in [0.5, 0.6) is 0 Å². The van der Waals surface area contributed by atoms with Crippen LogP contribution in [0.2, 0.25) is 0 Å². The fourth-order valence-corrected chi connectivity index (χ4v) is 3.44. The number of nitro benzene ring substituents is 1. The molecule has 0 spiro atoms. The minimum Gasteiger partial charge on any atom is -0.299 e. The quantitative estimate of drug-likeness (QED) is 0.469. The lowest BCUT2D eigenvalue weighted by atomic mass is 9.95. The van der Waals surface area contributed by atoms with Gasteiger partial charge in [0.2, 0.25) is 0 Å². The van der Waals surface area contributed by atoms with E-state index in [0.29, 0.717) is 12.1 Å². The van der Waals surface area contributed by atoms with Gasteiger partial charge in [-0.05, 0) is 31.4 Å². The number of nitrogens with zero attached hydrogens (tertiary/aromatic N) is 5. The standard InChI is InChI=1S/C16H21N5O3/c1-12-9-13(7-8-15(12)21(23)24)10-19-16(11-22)20(18-17-19)14-5-3-2-4-6-14/h7-9,11,14,16H,2-6,10H2,1H3. The number of nitro groups is 1. The van der Waals surface area contributed by atoms with E-state index in [1.165, 1.54) is 12.5 Å². The van der Waals surface area contributed by atoms with Gasteiger partial charge in [-0.1, -0.05) is 35.8 Å². The molecular weight excluding hydrogens is 310 g/mol. The van der Waals surface area contributed by atoms with Gasteiger partial charge in [0.05, 0.1) is 17.5 Å². The maximum Gasteiger partial charge on any atom is 0.272 e. The predicted molar refractivity (Wildman–Crippen MR) is 86.8 cm³/mol. The Hall–Kier alpha value is -2.51. The summed E-state index contributed by atoms with van der Waals surface area (Å²) >= 11 is 0. The molecule has 3 rings (SSSR count). The van der Waals surface area contributed by atoms with Crippen molar-refractivity contribution >= 4 is 12.0 Å². The molecular formula is C16H21N5O3. The Morgan fingerprint density at radius 3 is 2.67 bits per heavy atom. The van der Waals surface area contributed by atoms with Crippen LogP contribution in [0.4, 0.5) is 5.69 Å². The molecule has 0 N–H and O–H groups in total. The third kappa shape index (κ3) is 3.22. The molecule has 1 aromatic rings. The molecule has 128 valence electrons. The minimum atomic E-state index is -0.497. The second-order valence-electron chi connectivity index (χ2n) is 6.38. The van der Waals surface area contributed by atoms with Gasteiger partial charge in [0.25, 0.3) is 5.69 Å². The SMILES string of the molecule is Cc1cc(CN2N=NN(C3CCCCC3)C2C=O)ccc1[N+](=O)[O-]. The van der Waals surface area contributed by atoms with E-state index < -0.39 is 11.1 Å². The second kappa shape index (κ2) is 6.94. The molecule has 1 saturated carbocycles. The van der Waals surface area contributed by atoms with Gasteiger partial charge in [-0.15, -0.1) is 0 Å². The van der Waals surface area contributed by atoms with Crippen molar-refractivity contribution < 1.29 is 9.72 Å². The first-order chi connectivity index (χ1) is 11.6. The summed E-state index contributed by atoms with van der Waals surface area (Å²) in [7, 11) is 0. The van der Waals surface area contributed by atoms with Crippen molar-refractivity contribution in [2.75, 3.05) is 0 Å². The average Bonchev–Trinajstić information content (AvgIpc) is 2.98. The molecule has 24 heavy (non-hydrogen) atoms.